The SMILES string of the molecule is CCC(C)n1ccc(CC(NC)c2cccc(C)c2)n1. The van der Waals surface area contributed by atoms with Crippen molar-refractivity contribution in [2.75, 3.05) is 7.05 Å². The third-order valence-corrected chi connectivity index (χ3v) is 3.91. The van der Waals surface area contributed by atoms with Gasteiger partial charge in [-0.3, -0.25) is 4.68 Å². The van der Waals surface area contributed by atoms with Crippen LogP contribution < -0.4 is 5.32 Å². The van der Waals surface area contributed by atoms with Gasteiger partial charge in [-0.2, -0.15) is 5.10 Å². The van der Waals surface area contributed by atoms with Crippen LogP contribution in [-0.2, 0) is 6.42 Å². The number of hydrogen-bond donors (Lipinski definition) is 1. The lowest BCUT2D eigenvalue weighted by molar-refractivity contribution is 0.469. The minimum atomic E-state index is 0.315. The van der Waals surface area contributed by atoms with Crippen molar-refractivity contribution in [1.29, 1.82) is 0 Å². The molecule has 0 saturated heterocycles. The van der Waals surface area contributed by atoms with Crippen LogP contribution in [0.1, 0.15) is 49.2 Å². The molecule has 0 spiro atoms. The van der Waals surface area contributed by atoms with Gasteiger partial charge in [-0.25, -0.2) is 0 Å². The Morgan fingerprint density at radius 1 is 1.30 bits per heavy atom. The van der Waals surface area contributed by atoms with E-state index in [1.54, 1.807) is 0 Å². The second-order valence-corrected chi connectivity index (χ2v) is 5.50. The molecule has 2 unspecified atom stereocenters. The minimum absolute atomic E-state index is 0.315. The monoisotopic (exact) mass is 271 g/mol. The molecular weight excluding hydrogens is 246 g/mol. The van der Waals surface area contributed by atoms with Crippen molar-refractivity contribution in [2.45, 2.75) is 45.7 Å². The maximum Gasteiger partial charge on any atom is 0.0643 e. The standard InChI is InChI=1S/C17H25N3/c1-5-14(3)20-10-9-16(19-20)12-17(18-4)15-8-6-7-13(2)11-15/h6-11,14,17-18H,5,12H2,1-4H3. The zero-order chi connectivity index (χ0) is 14.5. The fraction of sp³-hybridized carbons (Fsp3) is 0.471. The van der Waals surface area contributed by atoms with E-state index in [-0.39, 0.29) is 0 Å². The number of nitrogens with one attached hydrogen (secondary N) is 1. The number of nitrogens with zero attached hydrogens (tertiary/aromatic N) is 2. The summed E-state index contributed by atoms with van der Waals surface area (Å²) in [4.78, 5) is 0. The Hall–Kier alpha value is -1.61. The second kappa shape index (κ2) is 6.71. The Morgan fingerprint density at radius 3 is 2.75 bits per heavy atom. The molecule has 1 aromatic carbocycles. The molecular formula is C17H25N3. The summed E-state index contributed by atoms with van der Waals surface area (Å²) in [5, 5.41) is 8.09. The fourth-order valence-corrected chi connectivity index (χ4v) is 2.40. The van der Waals surface area contributed by atoms with E-state index in [1.807, 2.05) is 7.05 Å². The lowest BCUT2D eigenvalue weighted by atomic mass is 10.0. The van der Waals surface area contributed by atoms with Crippen LogP contribution in [0.4, 0.5) is 0 Å². The first-order valence-electron chi connectivity index (χ1n) is 7.42. The van der Waals surface area contributed by atoms with E-state index in [4.69, 9.17) is 5.10 Å². The summed E-state index contributed by atoms with van der Waals surface area (Å²) in [5.74, 6) is 0. The average Bonchev–Trinajstić information content (AvgIpc) is 2.92. The van der Waals surface area contributed by atoms with Gasteiger partial charge in [-0.15, -0.1) is 0 Å². The lowest BCUT2D eigenvalue weighted by Crippen LogP contribution is -2.19. The highest BCUT2D eigenvalue weighted by atomic mass is 15.3. The molecule has 0 amide bonds. The zero-order valence-corrected chi connectivity index (χ0v) is 12.9. The molecule has 0 fully saturated rings. The molecule has 3 nitrogen and oxygen atoms in total. The molecule has 20 heavy (non-hydrogen) atoms. The van der Waals surface area contributed by atoms with Crippen molar-refractivity contribution in [2.24, 2.45) is 0 Å². The molecule has 1 heterocycles. The predicted molar refractivity (Wildman–Crippen MR) is 83.9 cm³/mol. The number of aryl methyl sites for hydroxylation is 1. The quantitative estimate of drug-likeness (QED) is 0.869. The van der Waals surface area contributed by atoms with Crippen LogP contribution in [0.2, 0.25) is 0 Å². The molecule has 108 valence electrons. The van der Waals surface area contributed by atoms with Crippen LogP contribution in [0.5, 0.6) is 0 Å². The molecule has 0 saturated carbocycles. The Kier molecular flexibility index (Phi) is 4.96. The Bertz CT molecular complexity index is 545. The first-order valence-corrected chi connectivity index (χ1v) is 7.42. The number of likely N-dealkylation sites (N-methyl/N-ethyl adjacent to an activating group) is 1. The summed E-state index contributed by atoms with van der Waals surface area (Å²) >= 11 is 0. The Balaban J connectivity index is 2.12. The summed E-state index contributed by atoms with van der Waals surface area (Å²) in [5.41, 5.74) is 3.77. The Morgan fingerprint density at radius 2 is 2.10 bits per heavy atom. The largest absolute Gasteiger partial charge is 0.313 e. The Labute approximate surface area is 122 Å². The van der Waals surface area contributed by atoms with Gasteiger partial charge >= 0.3 is 0 Å². The van der Waals surface area contributed by atoms with Gasteiger partial charge in [0.2, 0.25) is 0 Å². The van der Waals surface area contributed by atoms with Gasteiger partial charge < -0.3 is 5.32 Å². The molecule has 0 aliphatic heterocycles. The van der Waals surface area contributed by atoms with Crippen LogP contribution in [0.3, 0.4) is 0 Å². The fourth-order valence-electron chi connectivity index (χ4n) is 2.40. The van der Waals surface area contributed by atoms with Crippen molar-refractivity contribution < 1.29 is 0 Å². The van der Waals surface area contributed by atoms with Crippen LogP contribution in [0, 0.1) is 6.92 Å². The van der Waals surface area contributed by atoms with Crippen molar-refractivity contribution >= 4 is 0 Å². The molecule has 0 bridgehead atoms. The van der Waals surface area contributed by atoms with E-state index in [2.05, 4.69) is 67.3 Å². The number of hydrogen-bond acceptors (Lipinski definition) is 2. The van der Waals surface area contributed by atoms with Gasteiger partial charge in [0.05, 0.1) is 5.69 Å². The van der Waals surface area contributed by atoms with Crippen molar-refractivity contribution in [3.8, 4) is 0 Å². The first-order chi connectivity index (χ1) is 9.63. The molecule has 0 aliphatic rings. The third-order valence-electron chi connectivity index (χ3n) is 3.91. The van der Waals surface area contributed by atoms with Crippen molar-refractivity contribution in [1.82, 2.24) is 15.1 Å². The van der Waals surface area contributed by atoms with Crippen molar-refractivity contribution in [3.63, 3.8) is 0 Å². The minimum Gasteiger partial charge on any atom is -0.313 e. The third kappa shape index (κ3) is 3.48. The highest BCUT2D eigenvalue weighted by molar-refractivity contribution is 5.26. The smallest absolute Gasteiger partial charge is 0.0643 e. The average molecular weight is 271 g/mol. The summed E-state index contributed by atoms with van der Waals surface area (Å²) in [6.45, 7) is 6.52. The van der Waals surface area contributed by atoms with E-state index in [0.717, 1.165) is 18.5 Å². The number of aromatic nitrogens is 2. The summed E-state index contributed by atoms with van der Waals surface area (Å²) in [6.07, 6.45) is 4.12. The van der Waals surface area contributed by atoms with Crippen molar-refractivity contribution in [3.05, 3.63) is 53.3 Å². The maximum atomic E-state index is 4.69. The molecule has 2 atom stereocenters. The summed E-state index contributed by atoms with van der Waals surface area (Å²) in [6, 6.07) is 11.6. The highest BCUT2D eigenvalue weighted by Gasteiger charge is 2.13. The molecule has 3 heteroatoms. The van der Waals surface area contributed by atoms with E-state index in [0.29, 0.717) is 12.1 Å². The molecule has 2 aromatic rings. The van der Waals surface area contributed by atoms with E-state index in [9.17, 15) is 0 Å². The normalized spacial score (nSPS) is 14.2. The van der Waals surface area contributed by atoms with Crippen LogP contribution in [0.25, 0.3) is 0 Å². The van der Waals surface area contributed by atoms with Gasteiger partial charge in [-0.1, -0.05) is 36.8 Å². The van der Waals surface area contributed by atoms with Crippen LogP contribution in [-0.4, -0.2) is 16.8 Å². The van der Waals surface area contributed by atoms with E-state index in [1.165, 1.54) is 11.1 Å². The second-order valence-electron chi connectivity index (χ2n) is 5.50. The molecule has 1 aromatic heterocycles. The predicted octanol–water partition coefficient (Wildman–Crippen LogP) is 3.67. The van der Waals surface area contributed by atoms with Crippen LogP contribution in [0.15, 0.2) is 36.5 Å². The van der Waals surface area contributed by atoms with Gasteiger partial charge in [-0.05, 0) is 38.9 Å². The molecule has 0 radical (unpaired) electrons. The van der Waals surface area contributed by atoms with Gasteiger partial charge in [0, 0.05) is 24.7 Å². The van der Waals surface area contributed by atoms with Crippen LogP contribution >= 0.6 is 0 Å². The molecule has 0 aliphatic carbocycles. The molecule has 1 N–H and O–H groups in total. The molecule has 2 rings (SSSR count). The maximum absolute atomic E-state index is 4.69. The van der Waals surface area contributed by atoms with Gasteiger partial charge in [0.25, 0.3) is 0 Å². The van der Waals surface area contributed by atoms with E-state index < -0.39 is 0 Å². The van der Waals surface area contributed by atoms with Gasteiger partial charge in [0.15, 0.2) is 0 Å². The summed E-state index contributed by atoms with van der Waals surface area (Å²) in [7, 11) is 2.01. The number of rotatable bonds is 6. The summed E-state index contributed by atoms with van der Waals surface area (Å²) < 4.78 is 2.07. The zero-order valence-electron chi connectivity index (χ0n) is 12.9. The first kappa shape index (κ1) is 14.8. The lowest BCUT2D eigenvalue weighted by Gasteiger charge is -2.16. The highest BCUT2D eigenvalue weighted by Crippen LogP contribution is 2.19. The van der Waals surface area contributed by atoms with Gasteiger partial charge in [0.1, 0.15) is 0 Å². The van der Waals surface area contributed by atoms with E-state index >= 15 is 0 Å². The topological polar surface area (TPSA) is 29.9 Å². The number of benzene rings is 1.